The van der Waals surface area contributed by atoms with Crippen molar-refractivity contribution in [2.75, 3.05) is 6.54 Å². The molecule has 1 nitrogen and oxygen atoms in total. The predicted molar refractivity (Wildman–Crippen MR) is 85.7 cm³/mol. The Kier molecular flexibility index (Phi) is 5.44. The van der Waals surface area contributed by atoms with Gasteiger partial charge in [-0.05, 0) is 36.2 Å². The molecule has 1 unspecified atom stereocenters. The van der Waals surface area contributed by atoms with Gasteiger partial charge in [0.1, 0.15) is 0 Å². The summed E-state index contributed by atoms with van der Waals surface area (Å²) in [5, 5.41) is 4.37. The Morgan fingerprint density at radius 3 is 2.32 bits per heavy atom. The van der Waals surface area contributed by atoms with E-state index in [0.717, 1.165) is 28.0 Å². The highest BCUT2D eigenvalue weighted by atomic mass is 79.9. The van der Waals surface area contributed by atoms with Gasteiger partial charge in [-0.3, -0.25) is 0 Å². The molecule has 0 bridgehead atoms. The van der Waals surface area contributed by atoms with Crippen molar-refractivity contribution in [3.8, 4) is 0 Å². The molecule has 0 aliphatic rings. The van der Waals surface area contributed by atoms with Crippen LogP contribution in [0.4, 0.5) is 0 Å². The summed E-state index contributed by atoms with van der Waals surface area (Å²) >= 11 is 9.97. The normalized spacial score (nSPS) is 12.4. The van der Waals surface area contributed by atoms with Gasteiger partial charge in [0.2, 0.25) is 0 Å². The van der Waals surface area contributed by atoms with Crippen LogP contribution in [-0.2, 0) is 0 Å². The van der Waals surface area contributed by atoms with Gasteiger partial charge in [-0.15, -0.1) is 0 Å². The summed E-state index contributed by atoms with van der Waals surface area (Å²) in [5.74, 6) is 0. The molecule has 2 aromatic rings. The molecule has 0 aliphatic carbocycles. The van der Waals surface area contributed by atoms with Gasteiger partial charge >= 0.3 is 0 Å². The molecule has 0 amide bonds. The summed E-state index contributed by atoms with van der Waals surface area (Å²) in [4.78, 5) is 0. The quantitative estimate of drug-likeness (QED) is 0.791. The second-order valence-electron chi connectivity index (χ2n) is 4.43. The van der Waals surface area contributed by atoms with E-state index in [9.17, 15) is 0 Å². The molecule has 0 radical (unpaired) electrons. The minimum atomic E-state index is 0.115. The van der Waals surface area contributed by atoms with Crippen molar-refractivity contribution in [2.45, 2.75) is 19.4 Å². The molecule has 0 fully saturated rings. The zero-order valence-electron chi connectivity index (χ0n) is 10.9. The van der Waals surface area contributed by atoms with Gasteiger partial charge in [0.15, 0.2) is 0 Å². The first-order chi connectivity index (χ1) is 9.24. The minimum Gasteiger partial charge on any atom is -0.306 e. The number of rotatable bonds is 5. The molecule has 0 heterocycles. The fraction of sp³-hybridized carbons (Fsp3) is 0.250. The standard InChI is InChI=1S/C16H17BrClN/c1-2-11-19-16(12-7-3-5-9-14(12)17)13-8-4-6-10-15(13)18/h3-10,16,19H,2,11H2,1H3. The molecule has 19 heavy (non-hydrogen) atoms. The van der Waals surface area contributed by atoms with Crippen LogP contribution in [0.25, 0.3) is 0 Å². The van der Waals surface area contributed by atoms with E-state index in [2.05, 4.69) is 52.4 Å². The maximum Gasteiger partial charge on any atom is 0.0602 e. The molecule has 0 saturated carbocycles. The fourth-order valence-electron chi connectivity index (χ4n) is 2.09. The van der Waals surface area contributed by atoms with Crippen LogP contribution in [-0.4, -0.2) is 6.54 Å². The zero-order valence-corrected chi connectivity index (χ0v) is 13.2. The van der Waals surface area contributed by atoms with E-state index in [0.29, 0.717) is 0 Å². The Hall–Kier alpha value is -0.830. The van der Waals surface area contributed by atoms with Crippen LogP contribution in [0, 0.1) is 0 Å². The average Bonchev–Trinajstić information content (AvgIpc) is 2.42. The predicted octanol–water partition coefficient (Wildman–Crippen LogP) is 5.19. The van der Waals surface area contributed by atoms with Crippen molar-refractivity contribution in [2.24, 2.45) is 0 Å². The van der Waals surface area contributed by atoms with Crippen molar-refractivity contribution in [3.63, 3.8) is 0 Å². The maximum atomic E-state index is 6.34. The Morgan fingerprint density at radius 2 is 1.68 bits per heavy atom. The summed E-state index contributed by atoms with van der Waals surface area (Å²) in [6.45, 7) is 3.12. The maximum absolute atomic E-state index is 6.34. The number of nitrogens with one attached hydrogen (secondary N) is 1. The zero-order chi connectivity index (χ0) is 13.7. The molecule has 2 aromatic carbocycles. The summed E-state index contributed by atoms with van der Waals surface area (Å²) in [7, 11) is 0. The molecule has 1 N–H and O–H groups in total. The van der Waals surface area contributed by atoms with Gasteiger partial charge in [0.05, 0.1) is 6.04 Å². The molecule has 3 heteroatoms. The monoisotopic (exact) mass is 337 g/mol. The molecular weight excluding hydrogens is 322 g/mol. The van der Waals surface area contributed by atoms with E-state index in [1.165, 1.54) is 5.56 Å². The van der Waals surface area contributed by atoms with Gasteiger partial charge in [-0.1, -0.05) is 70.9 Å². The SMILES string of the molecule is CCCNC(c1ccccc1Cl)c1ccccc1Br. The summed E-state index contributed by atoms with van der Waals surface area (Å²) in [6.07, 6.45) is 1.09. The Balaban J connectivity index is 2.42. The van der Waals surface area contributed by atoms with Crippen molar-refractivity contribution >= 4 is 27.5 Å². The van der Waals surface area contributed by atoms with Gasteiger partial charge < -0.3 is 5.32 Å². The van der Waals surface area contributed by atoms with Crippen molar-refractivity contribution in [1.29, 1.82) is 0 Å². The van der Waals surface area contributed by atoms with Gasteiger partial charge in [0, 0.05) is 9.50 Å². The van der Waals surface area contributed by atoms with Crippen LogP contribution < -0.4 is 5.32 Å². The molecule has 0 saturated heterocycles. The topological polar surface area (TPSA) is 12.0 Å². The Morgan fingerprint density at radius 1 is 1.05 bits per heavy atom. The van der Waals surface area contributed by atoms with E-state index < -0.39 is 0 Å². The fourth-order valence-corrected chi connectivity index (χ4v) is 2.85. The van der Waals surface area contributed by atoms with Crippen LogP contribution in [0.3, 0.4) is 0 Å². The van der Waals surface area contributed by atoms with E-state index in [4.69, 9.17) is 11.6 Å². The third kappa shape index (κ3) is 3.59. The second-order valence-corrected chi connectivity index (χ2v) is 5.69. The average molecular weight is 339 g/mol. The molecule has 1 atom stereocenters. The number of hydrogen-bond acceptors (Lipinski definition) is 1. The lowest BCUT2D eigenvalue weighted by Crippen LogP contribution is -2.23. The van der Waals surface area contributed by atoms with Crippen LogP contribution in [0.5, 0.6) is 0 Å². The highest BCUT2D eigenvalue weighted by molar-refractivity contribution is 9.10. The Labute approximate surface area is 128 Å². The van der Waals surface area contributed by atoms with Crippen LogP contribution in [0.2, 0.25) is 5.02 Å². The van der Waals surface area contributed by atoms with Crippen molar-refractivity contribution in [1.82, 2.24) is 5.32 Å². The van der Waals surface area contributed by atoms with E-state index in [-0.39, 0.29) is 6.04 Å². The third-order valence-corrected chi connectivity index (χ3v) is 4.10. The highest BCUT2D eigenvalue weighted by Gasteiger charge is 2.17. The number of halogens is 2. The first-order valence-corrected chi connectivity index (χ1v) is 7.63. The Bertz CT molecular complexity index is 496. The van der Waals surface area contributed by atoms with Crippen molar-refractivity contribution in [3.05, 3.63) is 69.2 Å². The van der Waals surface area contributed by atoms with E-state index in [1.54, 1.807) is 0 Å². The molecule has 2 rings (SSSR count). The lowest BCUT2D eigenvalue weighted by molar-refractivity contribution is 0.597. The smallest absolute Gasteiger partial charge is 0.0602 e. The molecule has 0 aromatic heterocycles. The van der Waals surface area contributed by atoms with Gasteiger partial charge in [0.25, 0.3) is 0 Å². The summed E-state index contributed by atoms with van der Waals surface area (Å²) < 4.78 is 1.10. The molecular formula is C16H17BrClN. The lowest BCUT2D eigenvalue weighted by atomic mass is 9.98. The largest absolute Gasteiger partial charge is 0.306 e. The lowest BCUT2D eigenvalue weighted by Gasteiger charge is -2.21. The molecule has 100 valence electrons. The summed E-state index contributed by atoms with van der Waals surface area (Å²) in [5.41, 5.74) is 2.33. The second kappa shape index (κ2) is 7.09. The van der Waals surface area contributed by atoms with E-state index in [1.807, 2.05) is 24.3 Å². The first-order valence-electron chi connectivity index (χ1n) is 6.46. The number of benzene rings is 2. The number of hydrogen-bond donors (Lipinski definition) is 1. The highest BCUT2D eigenvalue weighted by Crippen LogP contribution is 2.32. The van der Waals surface area contributed by atoms with Crippen LogP contribution in [0.15, 0.2) is 53.0 Å². The molecule has 0 spiro atoms. The van der Waals surface area contributed by atoms with Gasteiger partial charge in [-0.25, -0.2) is 0 Å². The molecule has 0 aliphatic heterocycles. The van der Waals surface area contributed by atoms with Crippen LogP contribution in [0.1, 0.15) is 30.5 Å². The van der Waals surface area contributed by atoms with Crippen LogP contribution >= 0.6 is 27.5 Å². The summed E-state index contributed by atoms with van der Waals surface area (Å²) in [6, 6.07) is 16.4. The minimum absolute atomic E-state index is 0.115. The van der Waals surface area contributed by atoms with Gasteiger partial charge in [-0.2, -0.15) is 0 Å². The first kappa shape index (κ1) is 14.6. The van der Waals surface area contributed by atoms with E-state index >= 15 is 0 Å². The third-order valence-electron chi connectivity index (χ3n) is 3.03. The van der Waals surface area contributed by atoms with Crippen molar-refractivity contribution < 1.29 is 0 Å².